The maximum Gasteiger partial charge on any atom is 0.122 e. The Balaban J connectivity index is 2.07. The van der Waals surface area contributed by atoms with Gasteiger partial charge in [-0.1, -0.05) is 47.6 Å². The minimum atomic E-state index is -0.665. The summed E-state index contributed by atoms with van der Waals surface area (Å²) in [6, 6.07) is 16.1. The molecule has 0 aliphatic rings. The van der Waals surface area contributed by atoms with Gasteiger partial charge < -0.3 is 9.47 Å². The third-order valence-electron chi connectivity index (χ3n) is 3.07. The highest BCUT2D eigenvalue weighted by Gasteiger charge is 2.12. The standard InChI is InChI=1S/C16H18ClO2P/c1-18-15-9-5-3-7-13(15)11-20(17)12-14-8-4-6-10-16(14)19-2/h3-10H,11-12H2,1-2H3. The molecule has 0 aliphatic heterocycles. The predicted octanol–water partition coefficient (Wildman–Crippen LogP) is 5.04. The normalized spacial score (nSPS) is 10.6. The molecule has 2 aromatic rings. The molecular weight excluding hydrogens is 291 g/mol. The van der Waals surface area contributed by atoms with Gasteiger partial charge in [0.05, 0.1) is 14.2 Å². The van der Waals surface area contributed by atoms with Crippen molar-refractivity contribution in [2.45, 2.75) is 12.3 Å². The molecule has 0 N–H and O–H groups in total. The number of hydrogen-bond donors (Lipinski definition) is 0. The van der Waals surface area contributed by atoms with Gasteiger partial charge in [-0.25, -0.2) is 0 Å². The van der Waals surface area contributed by atoms with E-state index in [1.807, 2.05) is 36.4 Å². The minimum Gasteiger partial charge on any atom is -0.496 e. The third kappa shape index (κ3) is 3.88. The molecule has 0 bridgehead atoms. The first kappa shape index (κ1) is 15.2. The average molecular weight is 309 g/mol. The smallest absolute Gasteiger partial charge is 0.122 e. The van der Waals surface area contributed by atoms with Gasteiger partial charge in [0.25, 0.3) is 0 Å². The number of halogens is 1. The van der Waals surface area contributed by atoms with Gasteiger partial charge in [0.15, 0.2) is 0 Å². The van der Waals surface area contributed by atoms with Crippen LogP contribution in [-0.2, 0) is 12.3 Å². The number of ether oxygens (including phenoxy) is 2. The van der Waals surface area contributed by atoms with Crippen LogP contribution in [0, 0.1) is 0 Å². The SMILES string of the molecule is COc1ccccc1CP(Cl)Cc1ccccc1OC. The van der Waals surface area contributed by atoms with Crippen molar-refractivity contribution in [2.24, 2.45) is 0 Å². The van der Waals surface area contributed by atoms with Gasteiger partial charge in [0.2, 0.25) is 0 Å². The van der Waals surface area contributed by atoms with E-state index in [1.165, 1.54) is 0 Å². The Hall–Kier alpha value is -1.24. The van der Waals surface area contributed by atoms with Crippen LogP contribution in [0.2, 0.25) is 0 Å². The summed E-state index contributed by atoms with van der Waals surface area (Å²) in [6.45, 7) is 0. The fourth-order valence-electron chi connectivity index (χ4n) is 2.09. The number of rotatable bonds is 6. The van der Waals surface area contributed by atoms with E-state index in [0.29, 0.717) is 0 Å². The molecule has 2 nitrogen and oxygen atoms in total. The van der Waals surface area contributed by atoms with Crippen LogP contribution in [0.4, 0.5) is 0 Å². The Morgan fingerprint density at radius 3 is 1.60 bits per heavy atom. The Morgan fingerprint density at radius 2 is 1.20 bits per heavy atom. The first-order valence-corrected chi connectivity index (χ1v) is 9.01. The molecule has 2 aromatic carbocycles. The molecule has 0 fully saturated rings. The van der Waals surface area contributed by atoms with Crippen LogP contribution >= 0.6 is 18.5 Å². The van der Waals surface area contributed by atoms with E-state index in [0.717, 1.165) is 34.9 Å². The summed E-state index contributed by atoms with van der Waals surface area (Å²) in [5.74, 6) is 1.81. The average Bonchev–Trinajstić information content (AvgIpc) is 2.48. The molecule has 0 atom stereocenters. The lowest BCUT2D eigenvalue weighted by Gasteiger charge is -2.14. The predicted molar refractivity (Wildman–Crippen MR) is 86.2 cm³/mol. The molecule has 0 radical (unpaired) electrons. The van der Waals surface area contributed by atoms with Crippen LogP contribution in [0.15, 0.2) is 48.5 Å². The Labute approximate surface area is 126 Å². The highest BCUT2D eigenvalue weighted by molar-refractivity contribution is 7.82. The number of methoxy groups -OCH3 is 2. The Kier molecular flexibility index (Phi) is 5.70. The molecule has 106 valence electrons. The second kappa shape index (κ2) is 7.52. The van der Waals surface area contributed by atoms with Crippen LogP contribution in [-0.4, -0.2) is 14.2 Å². The van der Waals surface area contributed by atoms with Gasteiger partial charge >= 0.3 is 0 Å². The lowest BCUT2D eigenvalue weighted by atomic mass is 10.2. The van der Waals surface area contributed by atoms with Crippen molar-refractivity contribution in [1.82, 2.24) is 0 Å². The summed E-state index contributed by atoms with van der Waals surface area (Å²) in [7, 11) is 2.72. The molecule has 4 heteroatoms. The van der Waals surface area contributed by atoms with Crippen molar-refractivity contribution in [3.05, 3.63) is 59.7 Å². The topological polar surface area (TPSA) is 18.5 Å². The highest BCUT2D eigenvalue weighted by atomic mass is 35.7. The molecule has 0 aliphatic carbocycles. The van der Waals surface area contributed by atoms with Crippen molar-refractivity contribution < 1.29 is 9.47 Å². The maximum atomic E-state index is 6.56. The summed E-state index contributed by atoms with van der Waals surface area (Å²) >= 11 is 6.56. The van der Waals surface area contributed by atoms with Crippen LogP contribution < -0.4 is 9.47 Å². The van der Waals surface area contributed by atoms with Gasteiger partial charge in [-0.15, -0.1) is 0 Å². The first-order chi connectivity index (χ1) is 9.74. The van der Waals surface area contributed by atoms with Crippen LogP contribution in [0.25, 0.3) is 0 Å². The summed E-state index contributed by atoms with van der Waals surface area (Å²) in [6.07, 6.45) is 1.66. The molecular formula is C16H18ClO2P. The molecule has 2 rings (SSSR count). The van der Waals surface area contributed by atoms with Crippen molar-refractivity contribution >= 4 is 18.5 Å². The summed E-state index contributed by atoms with van der Waals surface area (Å²) in [5.41, 5.74) is 2.32. The zero-order chi connectivity index (χ0) is 14.4. The largest absolute Gasteiger partial charge is 0.496 e. The van der Waals surface area contributed by atoms with E-state index >= 15 is 0 Å². The fraction of sp³-hybridized carbons (Fsp3) is 0.250. The number of para-hydroxylation sites is 2. The van der Waals surface area contributed by atoms with E-state index in [4.69, 9.17) is 20.7 Å². The van der Waals surface area contributed by atoms with Crippen LogP contribution in [0.3, 0.4) is 0 Å². The second-order valence-electron chi connectivity index (χ2n) is 4.40. The van der Waals surface area contributed by atoms with Crippen LogP contribution in [0.5, 0.6) is 11.5 Å². The maximum absolute atomic E-state index is 6.56. The first-order valence-electron chi connectivity index (χ1n) is 6.39. The Morgan fingerprint density at radius 1 is 0.800 bits per heavy atom. The molecule has 0 aromatic heterocycles. The second-order valence-corrected chi connectivity index (χ2v) is 7.39. The van der Waals surface area contributed by atoms with E-state index in [9.17, 15) is 0 Å². The van der Waals surface area contributed by atoms with E-state index < -0.39 is 7.27 Å². The minimum absolute atomic E-state index is 0.665. The summed E-state index contributed by atoms with van der Waals surface area (Å²) in [5, 5.41) is 0. The molecule has 0 saturated carbocycles. The quantitative estimate of drug-likeness (QED) is 0.696. The summed E-state index contributed by atoms with van der Waals surface area (Å²) < 4.78 is 10.7. The molecule has 0 unspecified atom stereocenters. The molecule has 0 amide bonds. The van der Waals surface area contributed by atoms with Gasteiger partial charge in [0, 0.05) is 12.3 Å². The zero-order valence-corrected chi connectivity index (χ0v) is 13.3. The van der Waals surface area contributed by atoms with Crippen LogP contribution in [0.1, 0.15) is 11.1 Å². The lowest BCUT2D eigenvalue weighted by Crippen LogP contribution is -1.93. The molecule has 0 saturated heterocycles. The van der Waals surface area contributed by atoms with Gasteiger partial charge in [-0.05, 0) is 30.5 Å². The molecule has 20 heavy (non-hydrogen) atoms. The fourth-order valence-corrected chi connectivity index (χ4v) is 4.24. The summed E-state index contributed by atoms with van der Waals surface area (Å²) in [4.78, 5) is 0. The lowest BCUT2D eigenvalue weighted by molar-refractivity contribution is 0.411. The van der Waals surface area contributed by atoms with E-state index in [2.05, 4.69) is 12.1 Å². The van der Waals surface area contributed by atoms with Gasteiger partial charge in [0.1, 0.15) is 11.5 Å². The highest BCUT2D eigenvalue weighted by Crippen LogP contribution is 2.50. The van der Waals surface area contributed by atoms with Crippen molar-refractivity contribution in [2.75, 3.05) is 14.2 Å². The Bertz CT molecular complexity index is 510. The van der Waals surface area contributed by atoms with E-state index in [1.54, 1.807) is 14.2 Å². The van der Waals surface area contributed by atoms with Crippen molar-refractivity contribution in [3.63, 3.8) is 0 Å². The third-order valence-corrected chi connectivity index (χ3v) is 5.15. The number of benzene rings is 2. The zero-order valence-electron chi connectivity index (χ0n) is 11.7. The van der Waals surface area contributed by atoms with E-state index in [-0.39, 0.29) is 0 Å². The molecule has 0 heterocycles. The van der Waals surface area contributed by atoms with Crippen molar-refractivity contribution in [1.29, 1.82) is 0 Å². The van der Waals surface area contributed by atoms with Gasteiger partial charge in [-0.3, -0.25) is 0 Å². The monoisotopic (exact) mass is 308 g/mol. The molecule has 0 spiro atoms. The number of hydrogen-bond acceptors (Lipinski definition) is 2. The van der Waals surface area contributed by atoms with Crippen molar-refractivity contribution in [3.8, 4) is 11.5 Å². The van der Waals surface area contributed by atoms with Gasteiger partial charge in [-0.2, -0.15) is 0 Å².